The molecule has 12 heavy (non-hydrogen) atoms. The summed E-state index contributed by atoms with van der Waals surface area (Å²) in [6.07, 6.45) is 2.06. The van der Waals surface area contributed by atoms with E-state index in [2.05, 4.69) is 54.2 Å². The lowest BCUT2D eigenvalue weighted by Gasteiger charge is -2.01. The van der Waals surface area contributed by atoms with Crippen molar-refractivity contribution in [3.8, 4) is 11.3 Å². The summed E-state index contributed by atoms with van der Waals surface area (Å²) in [6, 6.07) is 14.6. The zero-order valence-corrected chi connectivity index (χ0v) is 7.07. The lowest BCUT2D eigenvalue weighted by Crippen LogP contribution is -1.87. The average molecular weight is 157 g/mol. The van der Waals surface area contributed by atoms with Crippen molar-refractivity contribution in [2.45, 2.75) is 0 Å². The first kappa shape index (κ1) is 7.17. The largest absolute Gasteiger partial charge is 0.351 e. The molecule has 0 N–H and O–H groups in total. The quantitative estimate of drug-likeness (QED) is 0.599. The van der Waals surface area contributed by atoms with Gasteiger partial charge in [-0.1, -0.05) is 30.3 Å². The number of rotatable bonds is 1. The van der Waals surface area contributed by atoms with Crippen LogP contribution < -0.4 is 0 Å². The monoisotopic (exact) mass is 157 g/mol. The summed E-state index contributed by atoms with van der Waals surface area (Å²) in [5, 5.41) is 0. The van der Waals surface area contributed by atoms with E-state index in [0.29, 0.717) is 0 Å². The van der Waals surface area contributed by atoms with Crippen molar-refractivity contribution in [1.29, 1.82) is 0 Å². The molecule has 0 unspecified atom stereocenters. The summed E-state index contributed by atoms with van der Waals surface area (Å²) >= 11 is 0. The van der Waals surface area contributed by atoms with Gasteiger partial charge in [-0.25, -0.2) is 0 Å². The number of nitrogens with zero attached hydrogens (tertiary/aromatic N) is 1. The number of hydrogen-bond donors (Lipinski definition) is 0. The topological polar surface area (TPSA) is 4.93 Å². The maximum Gasteiger partial charge on any atom is 0.0477 e. The van der Waals surface area contributed by atoms with Crippen LogP contribution in [0.5, 0.6) is 0 Å². The first-order valence-electron chi connectivity index (χ1n) is 4.05. The van der Waals surface area contributed by atoms with Gasteiger partial charge >= 0.3 is 0 Å². The molecule has 2 rings (SSSR count). The number of aromatic nitrogens is 1. The molecule has 0 saturated heterocycles. The molecule has 0 fully saturated rings. The van der Waals surface area contributed by atoms with Gasteiger partial charge in [0.2, 0.25) is 0 Å². The fraction of sp³-hybridized carbons (Fsp3) is 0.0909. The molecule has 0 aliphatic heterocycles. The van der Waals surface area contributed by atoms with Crippen molar-refractivity contribution < 1.29 is 0 Å². The Balaban J connectivity index is 2.51. The lowest BCUT2D eigenvalue weighted by molar-refractivity contribution is 0.937. The minimum Gasteiger partial charge on any atom is -0.351 e. The molecule has 1 heterocycles. The van der Waals surface area contributed by atoms with Gasteiger partial charge in [0.1, 0.15) is 0 Å². The van der Waals surface area contributed by atoms with Crippen LogP contribution in [0.25, 0.3) is 11.3 Å². The lowest BCUT2D eigenvalue weighted by atomic mass is 10.2. The zero-order valence-electron chi connectivity index (χ0n) is 7.07. The predicted molar refractivity (Wildman–Crippen MR) is 50.8 cm³/mol. The van der Waals surface area contributed by atoms with Gasteiger partial charge in [-0.3, -0.25) is 0 Å². The van der Waals surface area contributed by atoms with Crippen LogP contribution in [0.3, 0.4) is 0 Å². The Morgan fingerprint density at radius 1 is 0.917 bits per heavy atom. The maximum absolute atomic E-state index is 2.12. The van der Waals surface area contributed by atoms with Gasteiger partial charge in [0, 0.05) is 18.9 Å². The Morgan fingerprint density at radius 2 is 1.67 bits per heavy atom. The third-order valence-corrected chi connectivity index (χ3v) is 2.01. The van der Waals surface area contributed by atoms with E-state index in [9.17, 15) is 0 Å². The van der Waals surface area contributed by atoms with E-state index in [1.54, 1.807) is 0 Å². The van der Waals surface area contributed by atoms with Crippen molar-refractivity contribution in [3.05, 3.63) is 48.7 Å². The SMILES string of the molecule is Cn1cccc1-c1ccccc1. The fourth-order valence-electron chi connectivity index (χ4n) is 1.37. The molecule has 1 aromatic heterocycles. The second kappa shape index (κ2) is 2.86. The molecule has 0 aliphatic rings. The Labute approximate surface area is 72.3 Å². The minimum absolute atomic E-state index is 1.26. The van der Waals surface area contributed by atoms with E-state index in [1.807, 2.05) is 6.07 Å². The molecule has 0 aliphatic carbocycles. The molecule has 60 valence electrons. The molecule has 0 bridgehead atoms. The minimum atomic E-state index is 1.26. The first-order chi connectivity index (χ1) is 5.88. The summed E-state index contributed by atoms with van der Waals surface area (Å²) in [6.45, 7) is 0. The fourth-order valence-corrected chi connectivity index (χ4v) is 1.37. The van der Waals surface area contributed by atoms with Crippen LogP contribution in [-0.2, 0) is 7.05 Å². The van der Waals surface area contributed by atoms with E-state index < -0.39 is 0 Å². The zero-order chi connectivity index (χ0) is 8.39. The van der Waals surface area contributed by atoms with Crippen LogP contribution in [0.1, 0.15) is 0 Å². The molecule has 0 atom stereocenters. The highest BCUT2D eigenvalue weighted by atomic mass is 14.9. The summed E-state index contributed by atoms with van der Waals surface area (Å²) in [4.78, 5) is 0. The average Bonchev–Trinajstić information content (AvgIpc) is 2.53. The molecular weight excluding hydrogens is 146 g/mol. The van der Waals surface area contributed by atoms with Crippen LogP contribution in [0.4, 0.5) is 0 Å². The van der Waals surface area contributed by atoms with E-state index in [-0.39, 0.29) is 0 Å². The Bertz CT molecular complexity index is 360. The summed E-state index contributed by atoms with van der Waals surface area (Å²) in [7, 11) is 2.06. The van der Waals surface area contributed by atoms with Crippen LogP contribution in [-0.4, -0.2) is 4.57 Å². The normalized spacial score (nSPS) is 10.1. The first-order valence-corrected chi connectivity index (χ1v) is 4.05. The Morgan fingerprint density at radius 3 is 2.25 bits per heavy atom. The van der Waals surface area contributed by atoms with Gasteiger partial charge in [0.05, 0.1) is 0 Å². The number of benzene rings is 1. The predicted octanol–water partition coefficient (Wildman–Crippen LogP) is 2.69. The molecule has 1 nitrogen and oxygen atoms in total. The Hall–Kier alpha value is -1.50. The Kier molecular flexibility index (Phi) is 1.71. The summed E-state index contributed by atoms with van der Waals surface area (Å²) < 4.78 is 2.12. The van der Waals surface area contributed by atoms with Crippen LogP contribution >= 0.6 is 0 Å². The van der Waals surface area contributed by atoms with Crippen molar-refractivity contribution in [2.24, 2.45) is 7.05 Å². The highest BCUT2D eigenvalue weighted by molar-refractivity contribution is 5.59. The van der Waals surface area contributed by atoms with Crippen molar-refractivity contribution in [3.63, 3.8) is 0 Å². The summed E-state index contributed by atoms with van der Waals surface area (Å²) in [5.74, 6) is 0. The second-order valence-corrected chi connectivity index (χ2v) is 2.87. The molecule has 0 amide bonds. The van der Waals surface area contributed by atoms with Gasteiger partial charge in [-0.05, 0) is 17.7 Å². The molecule has 1 heteroatoms. The van der Waals surface area contributed by atoms with Crippen LogP contribution in [0, 0.1) is 0 Å². The smallest absolute Gasteiger partial charge is 0.0477 e. The van der Waals surface area contributed by atoms with E-state index in [0.717, 1.165) is 0 Å². The molecule has 0 spiro atoms. The third kappa shape index (κ3) is 1.14. The van der Waals surface area contributed by atoms with Crippen molar-refractivity contribution >= 4 is 0 Å². The molecule has 0 saturated carbocycles. The molecule has 1 aromatic carbocycles. The highest BCUT2D eigenvalue weighted by Crippen LogP contribution is 2.17. The van der Waals surface area contributed by atoms with Crippen molar-refractivity contribution in [2.75, 3.05) is 0 Å². The van der Waals surface area contributed by atoms with E-state index in [1.165, 1.54) is 11.3 Å². The van der Waals surface area contributed by atoms with Crippen LogP contribution in [0.15, 0.2) is 48.7 Å². The van der Waals surface area contributed by atoms with Crippen LogP contribution in [0.2, 0.25) is 0 Å². The molecule has 0 radical (unpaired) electrons. The van der Waals surface area contributed by atoms with E-state index in [4.69, 9.17) is 0 Å². The van der Waals surface area contributed by atoms with Gasteiger partial charge in [0.25, 0.3) is 0 Å². The van der Waals surface area contributed by atoms with Gasteiger partial charge in [-0.15, -0.1) is 0 Å². The maximum atomic E-state index is 2.12. The van der Waals surface area contributed by atoms with Gasteiger partial charge in [0.15, 0.2) is 0 Å². The highest BCUT2D eigenvalue weighted by Gasteiger charge is 1.97. The summed E-state index contributed by atoms with van der Waals surface area (Å²) in [5.41, 5.74) is 2.53. The second-order valence-electron chi connectivity index (χ2n) is 2.87. The third-order valence-electron chi connectivity index (χ3n) is 2.01. The van der Waals surface area contributed by atoms with Gasteiger partial charge in [-0.2, -0.15) is 0 Å². The number of aryl methyl sites for hydroxylation is 1. The molecular formula is C11H11N. The van der Waals surface area contributed by atoms with Crippen molar-refractivity contribution in [1.82, 2.24) is 4.57 Å². The molecule has 2 aromatic rings. The standard InChI is InChI=1S/C11H11N/c1-12-9-5-8-11(12)10-6-3-2-4-7-10/h2-9H,1H3. The van der Waals surface area contributed by atoms with E-state index >= 15 is 0 Å². The van der Waals surface area contributed by atoms with Gasteiger partial charge < -0.3 is 4.57 Å². The number of hydrogen-bond acceptors (Lipinski definition) is 0.